The Kier molecular flexibility index (Phi) is 2.94. The van der Waals surface area contributed by atoms with Crippen LogP contribution in [-0.2, 0) is 14.3 Å². The second kappa shape index (κ2) is 4.68. The number of anilines is 1. The van der Waals surface area contributed by atoms with Crippen molar-refractivity contribution in [1.82, 2.24) is 0 Å². The van der Waals surface area contributed by atoms with Crippen LogP contribution >= 0.6 is 0 Å². The van der Waals surface area contributed by atoms with Gasteiger partial charge in [-0.1, -0.05) is 38.1 Å². The van der Waals surface area contributed by atoms with Crippen molar-refractivity contribution in [3.63, 3.8) is 0 Å². The molecule has 23 heavy (non-hydrogen) atoms. The number of rotatable bonds is 3. The zero-order valence-electron chi connectivity index (χ0n) is 13.1. The Labute approximate surface area is 134 Å². The standard InChI is InChI=1S/C18H19NO4/c1-10(2)11-3-5-12(6-4-11)19-9-18-8-7-13(23-18)14(17(21)22)15(18)16(19)20/h3-8,10,13-15H,9H2,1-2H3,(H,21,22)/t13-,14-,15+,18+/m0/s1. The molecule has 0 saturated carbocycles. The number of benzene rings is 1. The number of carbonyl (C=O) groups excluding carboxylic acids is 1. The average molecular weight is 313 g/mol. The molecule has 3 aliphatic heterocycles. The summed E-state index contributed by atoms with van der Waals surface area (Å²) in [6.07, 6.45) is 3.18. The van der Waals surface area contributed by atoms with E-state index in [1.54, 1.807) is 11.0 Å². The molecule has 1 aromatic carbocycles. The van der Waals surface area contributed by atoms with Gasteiger partial charge in [-0.2, -0.15) is 0 Å². The van der Waals surface area contributed by atoms with Gasteiger partial charge in [0, 0.05) is 5.69 Å². The second-order valence-corrected chi connectivity index (χ2v) is 6.91. The molecule has 3 heterocycles. The Balaban J connectivity index is 1.67. The van der Waals surface area contributed by atoms with Gasteiger partial charge in [-0.05, 0) is 23.6 Å². The first-order valence-corrected chi connectivity index (χ1v) is 7.94. The van der Waals surface area contributed by atoms with E-state index in [2.05, 4.69) is 13.8 Å². The van der Waals surface area contributed by atoms with Gasteiger partial charge in [0.2, 0.25) is 5.91 Å². The van der Waals surface area contributed by atoms with Gasteiger partial charge >= 0.3 is 5.97 Å². The van der Waals surface area contributed by atoms with Crippen LogP contribution in [0.15, 0.2) is 36.4 Å². The fraction of sp³-hybridized carbons (Fsp3) is 0.444. The summed E-state index contributed by atoms with van der Waals surface area (Å²) < 4.78 is 5.89. The van der Waals surface area contributed by atoms with Gasteiger partial charge in [0.1, 0.15) is 11.5 Å². The second-order valence-electron chi connectivity index (χ2n) is 6.91. The van der Waals surface area contributed by atoms with E-state index in [4.69, 9.17) is 4.74 Å². The lowest BCUT2D eigenvalue weighted by atomic mass is 9.77. The molecular weight excluding hydrogens is 294 g/mol. The molecule has 3 aliphatic rings. The molecule has 1 spiro atoms. The van der Waals surface area contributed by atoms with E-state index in [0.717, 1.165) is 5.69 Å². The minimum absolute atomic E-state index is 0.151. The van der Waals surface area contributed by atoms with Gasteiger partial charge in [-0.15, -0.1) is 0 Å². The molecule has 0 radical (unpaired) electrons. The quantitative estimate of drug-likeness (QED) is 0.869. The highest BCUT2D eigenvalue weighted by Gasteiger charge is 2.67. The van der Waals surface area contributed by atoms with E-state index in [1.165, 1.54) is 5.56 Å². The summed E-state index contributed by atoms with van der Waals surface area (Å²) >= 11 is 0. The van der Waals surface area contributed by atoms with Crippen molar-refractivity contribution in [3.05, 3.63) is 42.0 Å². The number of amides is 1. The van der Waals surface area contributed by atoms with Gasteiger partial charge in [0.25, 0.3) is 0 Å². The molecule has 1 aromatic rings. The van der Waals surface area contributed by atoms with Crippen LogP contribution in [0.1, 0.15) is 25.3 Å². The molecule has 4 rings (SSSR count). The molecule has 5 nitrogen and oxygen atoms in total. The number of hydrogen-bond donors (Lipinski definition) is 1. The maximum absolute atomic E-state index is 12.9. The van der Waals surface area contributed by atoms with Crippen LogP contribution in [0, 0.1) is 11.8 Å². The lowest BCUT2D eigenvalue weighted by Gasteiger charge is -2.21. The highest BCUT2D eigenvalue weighted by Crippen LogP contribution is 2.52. The predicted octanol–water partition coefficient (Wildman–Crippen LogP) is 2.18. The van der Waals surface area contributed by atoms with Crippen molar-refractivity contribution < 1.29 is 19.4 Å². The smallest absolute Gasteiger partial charge is 0.310 e. The highest BCUT2D eigenvalue weighted by atomic mass is 16.5. The largest absolute Gasteiger partial charge is 0.481 e. The van der Waals surface area contributed by atoms with Crippen LogP contribution in [0.5, 0.6) is 0 Å². The van der Waals surface area contributed by atoms with Crippen molar-refractivity contribution in [2.75, 3.05) is 11.4 Å². The number of carboxylic acids is 1. The Morgan fingerprint density at radius 1 is 1.35 bits per heavy atom. The fourth-order valence-electron chi connectivity index (χ4n) is 4.04. The van der Waals surface area contributed by atoms with Crippen LogP contribution in [0.3, 0.4) is 0 Å². The summed E-state index contributed by atoms with van der Waals surface area (Å²) in [4.78, 5) is 26.1. The van der Waals surface area contributed by atoms with Crippen LogP contribution in [-0.4, -0.2) is 35.2 Å². The Hall–Kier alpha value is -2.14. The molecule has 2 bridgehead atoms. The highest BCUT2D eigenvalue weighted by molar-refractivity contribution is 6.02. The number of hydrogen-bond acceptors (Lipinski definition) is 3. The van der Waals surface area contributed by atoms with Crippen molar-refractivity contribution >= 4 is 17.6 Å². The summed E-state index contributed by atoms with van der Waals surface area (Å²) in [7, 11) is 0. The van der Waals surface area contributed by atoms with E-state index in [0.29, 0.717) is 12.5 Å². The number of nitrogens with zero attached hydrogens (tertiary/aromatic N) is 1. The summed E-state index contributed by atoms with van der Waals surface area (Å²) in [6, 6.07) is 7.89. The zero-order valence-corrected chi connectivity index (χ0v) is 13.1. The van der Waals surface area contributed by atoms with E-state index in [1.807, 2.05) is 30.3 Å². The third kappa shape index (κ3) is 1.89. The Morgan fingerprint density at radius 2 is 2.04 bits per heavy atom. The van der Waals surface area contributed by atoms with Gasteiger partial charge in [-0.25, -0.2) is 0 Å². The molecule has 1 N–H and O–H groups in total. The number of carbonyl (C=O) groups is 2. The van der Waals surface area contributed by atoms with Gasteiger partial charge in [0.05, 0.1) is 18.6 Å². The van der Waals surface area contributed by atoms with Crippen molar-refractivity contribution in [1.29, 1.82) is 0 Å². The lowest BCUT2D eigenvalue weighted by molar-refractivity contribution is -0.146. The minimum Gasteiger partial charge on any atom is -0.481 e. The molecule has 1 amide bonds. The molecule has 2 saturated heterocycles. The maximum Gasteiger partial charge on any atom is 0.310 e. The first-order chi connectivity index (χ1) is 10.9. The SMILES string of the molecule is CC(C)c1ccc(N2C[C@@]34C=C[C@H](O3)[C@H](C(=O)O)[C@@H]4C2=O)cc1. The monoisotopic (exact) mass is 313 g/mol. The van der Waals surface area contributed by atoms with Gasteiger partial charge < -0.3 is 14.7 Å². The van der Waals surface area contributed by atoms with Crippen LogP contribution in [0.2, 0.25) is 0 Å². The first kappa shape index (κ1) is 14.5. The molecule has 2 fully saturated rings. The fourth-order valence-corrected chi connectivity index (χ4v) is 4.04. The molecular formula is C18H19NO4. The zero-order chi connectivity index (χ0) is 16.4. The number of ether oxygens (including phenoxy) is 1. The number of fused-ring (bicyclic) bond motifs is 1. The van der Waals surface area contributed by atoms with Gasteiger partial charge in [0.15, 0.2) is 0 Å². The normalized spacial score (nSPS) is 34.5. The molecule has 0 unspecified atom stereocenters. The van der Waals surface area contributed by atoms with Crippen molar-refractivity contribution in [2.45, 2.75) is 31.5 Å². The molecule has 0 aromatic heterocycles. The summed E-state index contributed by atoms with van der Waals surface area (Å²) in [5.41, 5.74) is 1.23. The molecule has 0 aliphatic carbocycles. The molecule has 120 valence electrons. The van der Waals surface area contributed by atoms with Crippen LogP contribution < -0.4 is 4.90 Å². The van der Waals surface area contributed by atoms with Gasteiger partial charge in [-0.3, -0.25) is 9.59 Å². The Bertz CT molecular complexity index is 708. The summed E-state index contributed by atoms with van der Waals surface area (Å²) in [6.45, 7) is 4.62. The first-order valence-electron chi connectivity index (χ1n) is 7.94. The summed E-state index contributed by atoms with van der Waals surface area (Å²) in [5, 5.41) is 9.47. The topological polar surface area (TPSA) is 66.8 Å². The van der Waals surface area contributed by atoms with Crippen molar-refractivity contribution in [2.24, 2.45) is 11.8 Å². The van der Waals surface area contributed by atoms with E-state index >= 15 is 0 Å². The number of aliphatic carboxylic acids is 1. The predicted molar refractivity (Wildman–Crippen MR) is 84.2 cm³/mol. The average Bonchev–Trinajstić information content (AvgIpc) is 3.15. The van der Waals surface area contributed by atoms with E-state index in [-0.39, 0.29) is 5.91 Å². The van der Waals surface area contributed by atoms with E-state index in [9.17, 15) is 14.7 Å². The molecule has 4 atom stereocenters. The minimum atomic E-state index is -0.961. The maximum atomic E-state index is 12.9. The lowest BCUT2D eigenvalue weighted by Crippen LogP contribution is -2.39. The van der Waals surface area contributed by atoms with Crippen molar-refractivity contribution in [3.8, 4) is 0 Å². The van der Waals surface area contributed by atoms with E-state index < -0.39 is 29.5 Å². The number of carboxylic acid groups (broad SMARTS) is 1. The molecule has 5 heteroatoms. The van der Waals surface area contributed by atoms with Crippen LogP contribution in [0.4, 0.5) is 5.69 Å². The third-order valence-electron chi connectivity index (χ3n) is 5.26. The third-order valence-corrected chi connectivity index (χ3v) is 5.26. The Morgan fingerprint density at radius 3 is 2.65 bits per heavy atom. The van der Waals surface area contributed by atoms with Crippen LogP contribution in [0.25, 0.3) is 0 Å². The summed E-state index contributed by atoms with van der Waals surface area (Å²) in [5.74, 6) is -2.10.